The third-order valence-corrected chi connectivity index (χ3v) is 3.28. The highest BCUT2D eigenvalue weighted by atomic mass is 127. The zero-order valence-corrected chi connectivity index (χ0v) is 17.6. The first-order valence-corrected chi connectivity index (χ1v) is 8.15. The molecule has 2 rings (SSSR count). The van der Waals surface area contributed by atoms with E-state index in [0.717, 1.165) is 18.1 Å². The van der Waals surface area contributed by atoms with Crippen LogP contribution in [-0.4, -0.2) is 36.0 Å². The molecule has 6 heteroatoms. The molecule has 5 nitrogen and oxygen atoms in total. The molecule has 0 amide bonds. The second-order valence-corrected chi connectivity index (χ2v) is 6.04. The molecule has 0 fully saturated rings. The van der Waals surface area contributed by atoms with Crippen molar-refractivity contribution in [1.29, 1.82) is 0 Å². The third-order valence-electron chi connectivity index (χ3n) is 3.28. The highest BCUT2D eigenvalue weighted by Crippen LogP contribution is 2.10. The lowest BCUT2D eigenvalue weighted by Crippen LogP contribution is -2.36. The van der Waals surface area contributed by atoms with E-state index in [2.05, 4.69) is 27.4 Å². The standard InChI is InChI=1S/C19H26N4O.HI/c1-15(2)24-18-11-10-17(13-20-18)14-22-19(23(3)4)21-12-16-8-6-5-7-9-16;/h5-11,13,15H,12,14H2,1-4H3,(H,21,22);1H. The van der Waals surface area contributed by atoms with Crippen molar-refractivity contribution in [3.05, 3.63) is 59.8 Å². The number of aromatic nitrogens is 1. The van der Waals surface area contributed by atoms with Crippen LogP contribution in [0.1, 0.15) is 25.0 Å². The Morgan fingerprint density at radius 3 is 2.40 bits per heavy atom. The maximum absolute atomic E-state index is 5.55. The van der Waals surface area contributed by atoms with Crippen LogP contribution < -0.4 is 10.1 Å². The number of guanidine groups is 1. The van der Waals surface area contributed by atoms with Gasteiger partial charge >= 0.3 is 0 Å². The first kappa shape index (κ1) is 21.2. The van der Waals surface area contributed by atoms with Gasteiger partial charge in [-0.2, -0.15) is 0 Å². The number of aliphatic imine (C=N–C) groups is 1. The third kappa shape index (κ3) is 7.72. The summed E-state index contributed by atoms with van der Waals surface area (Å²) >= 11 is 0. The van der Waals surface area contributed by atoms with Crippen molar-refractivity contribution >= 4 is 29.9 Å². The second-order valence-electron chi connectivity index (χ2n) is 6.04. The number of halogens is 1. The first-order valence-electron chi connectivity index (χ1n) is 8.15. The van der Waals surface area contributed by atoms with Crippen LogP contribution >= 0.6 is 24.0 Å². The van der Waals surface area contributed by atoms with Gasteiger partial charge in [-0.3, -0.25) is 0 Å². The molecule has 1 heterocycles. The summed E-state index contributed by atoms with van der Waals surface area (Å²) < 4.78 is 5.55. The summed E-state index contributed by atoms with van der Waals surface area (Å²) in [5.74, 6) is 1.49. The average Bonchev–Trinajstić information content (AvgIpc) is 2.56. The Bertz CT molecular complexity index is 642. The highest BCUT2D eigenvalue weighted by Gasteiger charge is 2.03. The van der Waals surface area contributed by atoms with Gasteiger partial charge in [0.25, 0.3) is 0 Å². The zero-order chi connectivity index (χ0) is 17.4. The number of pyridine rings is 1. The largest absolute Gasteiger partial charge is 0.475 e. The predicted octanol–water partition coefficient (Wildman–Crippen LogP) is 3.69. The summed E-state index contributed by atoms with van der Waals surface area (Å²) in [6.45, 7) is 5.30. The molecule has 0 atom stereocenters. The van der Waals surface area contributed by atoms with Gasteiger partial charge < -0.3 is 15.0 Å². The van der Waals surface area contributed by atoms with E-state index in [-0.39, 0.29) is 30.1 Å². The molecule has 25 heavy (non-hydrogen) atoms. The number of benzene rings is 1. The monoisotopic (exact) mass is 454 g/mol. The van der Waals surface area contributed by atoms with E-state index in [1.807, 2.05) is 69.4 Å². The van der Waals surface area contributed by atoms with Crippen LogP contribution in [-0.2, 0) is 13.1 Å². The summed E-state index contributed by atoms with van der Waals surface area (Å²) in [5, 5.41) is 3.37. The van der Waals surface area contributed by atoms with Crippen LogP contribution in [0.15, 0.2) is 53.7 Å². The van der Waals surface area contributed by atoms with Crippen LogP contribution in [0.25, 0.3) is 0 Å². The van der Waals surface area contributed by atoms with Gasteiger partial charge in [0.15, 0.2) is 5.96 Å². The van der Waals surface area contributed by atoms with Crippen LogP contribution in [0.3, 0.4) is 0 Å². The number of hydrogen-bond donors (Lipinski definition) is 1. The van der Waals surface area contributed by atoms with Crippen molar-refractivity contribution in [1.82, 2.24) is 15.2 Å². The molecule has 0 aliphatic carbocycles. The van der Waals surface area contributed by atoms with E-state index in [4.69, 9.17) is 4.74 Å². The van der Waals surface area contributed by atoms with Gasteiger partial charge in [0.1, 0.15) is 0 Å². The predicted molar refractivity (Wildman–Crippen MR) is 114 cm³/mol. The van der Waals surface area contributed by atoms with E-state index >= 15 is 0 Å². The minimum absolute atomic E-state index is 0. The lowest BCUT2D eigenvalue weighted by molar-refractivity contribution is 0.232. The summed E-state index contributed by atoms with van der Waals surface area (Å²) in [6.07, 6.45) is 1.94. The topological polar surface area (TPSA) is 49.8 Å². The van der Waals surface area contributed by atoms with Gasteiger partial charge in [0.05, 0.1) is 12.6 Å². The molecular formula is C19H27IN4O. The summed E-state index contributed by atoms with van der Waals surface area (Å²) in [5.41, 5.74) is 2.27. The van der Waals surface area contributed by atoms with Crippen LogP contribution in [0.5, 0.6) is 5.88 Å². The fraction of sp³-hybridized carbons (Fsp3) is 0.368. The summed E-state index contributed by atoms with van der Waals surface area (Å²) in [6, 6.07) is 14.2. The number of nitrogens with zero attached hydrogens (tertiary/aromatic N) is 3. The molecule has 0 saturated carbocycles. The lowest BCUT2D eigenvalue weighted by Gasteiger charge is -2.17. The maximum atomic E-state index is 5.55. The Kier molecular flexibility index (Phi) is 9.26. The average molecular weight is 454 g/mol. The van der Waals surface area contributed by atoms with Gasteiger partial charge in [-0.25, -0.2) is 9.98 Å². The SMILES string of the molecule is CC(C)Oc1ccc(CN=C(NCc2ccccc2)N(C)C)cn1.I. The molecule has 0 bridgehead atoms. The molecule has 0 unspecified atom stereocenters. The molecule has 0 aliphatic rings. The molecule has 0 saturated heterocycles. The zero-order valence-electron chi connectivity index (χ0n) is 15.3. The van der Waals surface area contributed by atoms with Gasteiger partial charge in [0, 0.05) is 32.9 Å². The van der Waals surface area contributed by atoms with Gasteiger partial charge in [0.2, 0.25) is 5.88 Å². The van der Waals surface area contributed by atoms with E-state index < -0.39 is 0 Å². The fourth-order valence-electron chi connectivity index (χ4n) is 2.11. The lowest BCUT2D eigenvalue weighted by atomic mass is 10.2. The normalized spacial score (nSPS) is 11.0. The Labute approximate surface area is 167 Å². The van der Waals surface area contributed by atoms with Crippen molar-refractivity contribution in [3.8, 4) is 5.88 Å². The van der Waals surface area contributed by atoms with E-state index in [0.29, 0.717) is 12.4 Å². The Morgan fingerprint density at radius 2 is 1.84 bits per heavy atom. The Morgan fingerprint density at radius 1 is 1.12 bits per heavy atom. The molecule has 136 valence electrons. The molecule has 1 aromatic carbocycles. The molecular weight excluding hydrogens is 427 g/mol. The fourth-order valence-corrected chi connectivity index (χ4v) is 2.11. The van der Waals surface area contributed by atoms with Crippen molar-refractivity contribution < 1.29 is 4.74 Å². The second kappa shape index (κ2) is 10.9. The molecule has 1 N–H and O–H groups in total. The van der Waals surface area contributed by atoms with Crippen molar-refractivity contribution in [2.45, 2.75) is 33.0 Å². The van der Waals surface area contributed by atoms with E-state index in [1.165, 1.54) is 5.56 Å². The highest BCUT2D eigenvalue weighted by molar-refractivity contribution is 14.0. The summed E-state index contributed by atoms with van der Waals surface area (Å²) in [4.78, 5) is 10.9. The number of ether oxygens (including phenoxy) is 1. The van der Waals surface area contributed by atoms with Crippen molar-refractivity contribution in [2.24, 2.45) is 4.99 Å². The first-order chi connectivity index (χ1) is 11.5. The number of hydrogen-bond acceptors (Lipinski definition) is 3. The van der Waals surface area contributed by atoms with Gasteiger partial charge in [-0.05, 0) is 25.0 Å². The number of rotatable bonds is 6. The molecule has 0 radical (unpaired) electrons. The molecule has 0 aliphatic heterocycles. The van der Waals surface area contributed by atoms with Crippen LogP contribution in [0.2, 0.25) is 0 Å². The molecule has 0 spiro atoms. The Hall–Kier alpha value is -1.83. The van der Waals surface area contributed by atoms with Gasteiger partial charge in [-0.15, -0.1) is 24.0 Å². The van der Waals surface area contributed by atoms with E-state index in [1.54, 1.807) is 0 Å². The van der Waals surface area contributed by atoms with Crippen LogP contribution in [0, 0.1) is 0 Å². The van der Waals surface area contributed by atoms with E-state index in [9.17, 15) is 0 Å². The van der Waals surface area contributed by atoms with Gasteiger partial charge in [-0.1, -0.05) is 36.4 Å². The minimum atomic E-state index is 0. The Balaban J connectivity index is 0.00000312. The minimum Gasteiger partial charge on any atom is -0.475 e. The number of nitrogens with one attached hydrogen (secondary N) is 1. The quantitative estimate of drug-likeness (QED) is 0.411. The summed E-state index contributed by atoms with van der Waals surface area (Å²) in [7, 11) is 3.96. The molecule has 2 aromatic rings. The molecule has 1 aromatic heterocycles. The maximum Gasteiger partial charge on any atom is 0.213 e. The van der Waals surface area contributed by atoms with Crippen molar-refractivity contribution in [3.63, 3.8) is 0 Å². The van der Waals surface area contributed by atoms with Crippen LogP contribution in [0.4, 0.5) is 0 Å². The smallest absolute Gasteiger partial charge is 0.213 e. The van der Waals surface area contributed by atoms with Crippen molar-refractivity contribution in [2.75, 3.05) is 14.1 Å².